The molecule has 1 heterocycles. The summed E-state index contributed by atoms with van der Waals surface area (Å²) in [7, 11) is 2.52. The van der Waals surface area contributed by atoms with Gasteiger partial charge in [0.15, 0.2) is 0 Å². The molecule has 134 valence electrons. The molecule has 3 rings (SSSR count). The molecular formula is C19H17FNO4P. The summed E-state index contributed by atoms with van der Waals surface area (Å²) in [6.45, 7) is 1.72. The van der Waals surface area contributed by atoms with Gasteiger partial charge < -0.3 is 4.84 Å². The van der Waals surface area contributed by atoms with Crippen LogP contribution in [0.3, 0.4) is 0 Å². The number of imide groups is 1. The van der Waals surface area contributed by atoms with Crippen LogP contribution < -0.4 is 5.30 Å². The minimum Gasteiger partial charge on any atom is -0.325 e. The Morgan fingerprint density at radius 2 is 1.73 bits per heavy atom. The maximum absolute atomic E-state index is 13.8. The third-order valence-corrected chi connectivity index (χ3v) is 4.82. The van der Waals surface area contributed by atoms with Crippen LogP contribution in [-0.4, -0.2) is 22.8 Å². The van der Waals surface area contributed by atoms with Gasteiger partial charge in [-0.2, -0.15) is 0 Å². The van der Waals surface area contributed by atoms with Crippen molar-refractivity contribution in [1.82, 2.24) is 5.06 Å². The van der Waals surface area contributed by atoms with Gasteiger partial charge in [0.25, 0.3) is 11.8 Å². The van der Waals surface area contributed by atoms with Gasteiger partial charge in [0, 0.05) is 12.8 Å². The Morgan fingerprint density at radius 3 is 2.31 bits per heavy atom. The normalized spacial score (nSPS) is 14.0. The molecule has 1 aliphatic rings. The largest absolute Gasteiger partial charge is 0.363 e. The van der Waals surface area contributed by atoms with Gasteiger partial charge in [0.05, 0.1) is 5.56 Å². The van der Waals surface area contributed by atoms with Gasteiger partial charge in [-0.15, -0.1) is 14.3 Å². The van der Waals surface area contributed by atoms with Crippen LogP contribution >= 0.6 is 9.24 Å². The molecule has 1 fully saturated rings. The average Bonchev–Trinajstić information content (AvgIpc) is 2.92. The first-order valence-electron chi connectivity index (χ1n) is 8.06. The molecule has 1 saturated heterocycles. The lowest BCUT2D eigenvalue weighted by Gasteiger charge is -2.12. The first kappa shape index (κ1) is 18.2. The molecule has 0 radical (unpaired) electrons. The summed E-state index contributed by atoms with van der Waals surface area (Å²) in [6, 6.07) is 9.95. The minimum absolute atomic E-state index is 0.0515. The fraction of sp³-hybridized carbons (Fsp3) is 0.211. The van der Waals surface area contributed by atoms with Crippen molar-refractivity contribution in [3.05, 3.63) is 64.5 Å². The van der Waals surface area contributed by atoms with E-state index in [0.717, 1.165) is 16.4 Å². The molecule has 1 atom stereocenters. The van der Waals surface area contributed by atoms with Crippen LogP contribution in [-0.2, 0) is 20.8 Å². The third-order valence-electron chi connectivity index (χ3n) is 4.22. The van der Waals surface area contributed by atoms with Crippen molar-refractivity contribution < 1.29 is 23.6 Å². The van der Waals surface area contributed by atoms with Crippen LogP contribution in [0, 0.1) is 12.7 Å². The summed E-state index contributed by atoms with van der Waals surface area (Å²) in [5.41, 5.74) is 2.54. The number of carbonyl (C=O) groups excluding carboxylic acids is 3. The summed E-state index contributed by atoms with van der Waals surface area (Å²) < 4.78 is 13.8. The van der Waals surface area contributed by atoms with E-state index in [1.807, 2.05) is 6.07 Å². The monoisotopic (exact) mass is 373 g/mol. The van der Waals surface area contributed by atoms with Crippen molar-refractivity contribution in [2.75, 3.05) is 0 Å². The number of hydrogen-bond donors (Lipinski definition) is 0. The van der Waals surface area contributed by atoms with E-state index in [0.29, 0.717) is 17.0 Å². The highest BCUT2D eigenvalue weighted by atomic mass is 31.0. The van der Waals surface area contributed by atoms with Crippen molar-refractivity contribution in [3.8, 4) is 0 Å². The molecule has 5 nitrogen and oxygen atoms in total. The second-order valence-corrected chi connectivity index (χ2v) is 6.75. The number of amides is 2. The maximum atomic E-state index is 13.8. The van der Waals surface area contributed by atoms with Crippen molar-refractivity contribution in [2.45, 2.75) is 26.2 Å². The summed E-state index contributed by atoms with van der Waals surface area (Å²) in [6.07, 6.45) is 0.614. The minimum atomic E-state index is -0.770. The zero-order valence-electron chi connectivity index (χ0n) is 14.1. The molecule has 26 heavy (non-hydrogen) atoms. The Kier molecular flexibility index (Phi) is 5.14. The average molecular weight is 373 g/mol. The number of carbonyl (C=O) groups is 3. The van der Waals surface area contributed by atoms with E-state index in [9.17, 15) is 18.8 Å². The second-order valence-electron chi connectivity index (χ2n) is 6.13. The summed E-state index contributed by atoms with van der Waals surface area (Å²) in [5.74, 6) is -2.06. The molecule has 7 heteroatoms. The van der Waals surface area contributed by atoms with Crippen molar-refractivity contribution in [3.63, 3.8) is 0 Å². The number of hydrogen-bond acceptors (Lipinski definition) is 4. The van der Waals surface area contributed by atoms with Crippen LogP contribution in [0.25, 0.3) is 0 Å². The Labute approximate surface area is 152 Å². The molecule has 2 aromatic carbocycles. The Morgan fingerprint density at radius 1 is 1.12 bits per heavy atom. The maximum Gasteiger partial charge on any atom is 0.363 e. The van der Waals surface area contributed by atoms with E-state index in [-0.39, 0.29) is 24.2 Å². The van der Waals surface area contributed by atoms with Gasteiger partial charge in [0.2, 0.25) is 0 Å². The summed E-state index contributed by atoms with van der Waals surface area (Å²) in [4.78, 5) is 39.9. The van der Waals surface area contributed by atoms with Crippen LogP contribution in [0.5, 0.6) is 0 Å². The highest BCUT2D eigenvalue weighted by Crippen LogP contribution is 2.17. The molecule has 0 aromatic heterocycles. The van der Waals surface area contributed by atoms with E-state index in [1.165, 1.54) is 6.07 Å². The van der Waals surface area contributed by atoms with Crippen LogP contribution in [0.1, 0.15) is 39.9 Å². The lowest BCUT2D eigenvalue weighted by molar-refractivity contribution is -0.172. The van der Waals surface area contributed by atoms with E-state index in [1.54, 1.807) is 31.2 Å². The lowest BCUT2D eigenvalue weighted by Crippen LogP contribution is -2.32. The van der Waals surface area contributed by atoms with E-state index in [4.69, 9.17) is 4.84 Å². The fourth-order valence-electron chi connectivity index (χ4n) is 2.65. The fourth-order valence-corrected chi connectivity index (χ4v) is 3.00. The first-order valence-corrected chi connectivity index (χ1v) is 8.64. The van der Waals surface area contributed by atoms with Crippen molar-refractivity contribution in [2.24, 2.45) is 0 Å². The molecule has 1 aliphatic heterocycles. The van der Waals surface area contributed by atoms with Gasteiger partial charge in [-0.1, -0.05) is 18.2 Å². The van der Waals surface area contributed by atoms with Gasteiger partial charge in [-0.05, 0) is 53.5 Å². The number of hydroxylamine groups is 2. The molecule has 0 bridgehead atoms. The van der Waals surface area contributed by atoms with E-state index >= 15 is 0 Å². The van der Waals surface area contributed by atoms with E-state index in [2.05, 4.69) is 9.24 Å². The quantitative estimate of drug-likeness (QED) is 0.610. The third kappa shape index (κ3) is 3.81. The smallest absolute Gasteiger partial charge is 0.325 e. The highest BCUT2D eigenvalue weighted by molar-refractivity contribution is 7.27. The molecule has 1 unspecified atom stereocenters. The van der Waals surface area contributed by atoms with Gasteiger partial charge in [0.1, 0.15) is 5.82 Å². The molecule has 2 amide bonds. The predicted molar refractivity (Wildman–Crippen MR) is 96.2 cm³/mol. The first-order chi connectivity index (χ1) is 12.3. The second kappa shape index (κ2) is 7.34. The van der Waals surface area contributed by atoms with Gasteiger partial charge in [-0.3, -0.25) is 9.59 Å². The predicted octanol–water partition coefficient (Wildman–Crippen LogP) is 2.45. The number of nitrogens with zero attached hydrogens (tertiary/aromatic N) is 1. The van der Waals surface area contributed by atoms with Crippen molar-refractivity contribution >= 4 is 32.3 Å². The van der Waals surface area contributed by atoms with Crippen LogP contribution in [0.15, 0.2) is 36.4 Å². The Hall–Kier alpha value is -2.59. The summed E-state index contributed by atoms with van der Waals surface area (Å²) >= 11 is 0. The standard InChI is InChI=1S/C19H17FNO4P/c1-11-15(20)9-13(10-16(11)26)8-12-2-4-14(5-3-12)19(24)25-21-17(22)6-7-18(21)23/h2-5,9-10H,6-8,26H2,1H3. The molecule has 0 saturated carbocycles. The van der Waals surface area contributed by atoms with Gasteiger partial charge >= 0.3 is 5.97 Å². The molecule has 0 spiro atoms. The summed E-state index contributed by atoms with van der Waals surface area (Å²) in [5, 5.41) is 1.33. The number of rotatable bonds is 4. The van der Waals surface area contributed by atoms with Crippen LogP contribution in [0.4, 0.5) is 4.39 Å². The molecular weight excluding hydrogens is 356 g/mol. The van der Waals surface area contributed by atoms with E-state index < -0.39 is 17.8 Å². The van der Waals surface area contributed by atoms with Crippen molar-refractivity contribution in [1.29, 1.82) is 0 Å². The molecule has 2 aromatic rings. The zero-order valence-corrected chi connectivity index (χ0v) is 15.3. The SMILES string of the molecule is Cc1c(F)cc(Cc2ccc(C(=O)ON3C(=O)CCC3=O)cc2)cc1P. The molecule has 0 N–H and O–H groups in total. The number of benzene rings is 2. The Bertz CT molecular complexity index is 856. The topological polar surface area (TPSA) is 63.7 Å². The highest BCUT2D eigenvalue weighted by Gasteiger charge is 2.33. The lowest BCUT2D eigenvalue weighted by atomic mass is 10.0. The number of halogens is 1. The zero-order chi connectivity index (χ0) is 18.8. The van der Waals surface area contributed by atoms with Gasteiger partial charge in [-0.25, -0.2) is 9.18 Å². The van der Waals surface area contributed by atoms with Crippen LogP contribution in [0.2, 0.25) is 0 Å². The Balaban J connectivity index is 1.69. The molecule has 0 aliphatic carbocycles.